The smallest absolute Gasteiger partial charge is 0.268 e. The summed E-state index contributed by atoms with van der Waals surface area (Å²) in [7, 11) is 3.36. The summed E-state index contributed by atoms with van der Waals surface area (Å²) in [6.07, 6.45) is 8.31. The number of pyridine rings is 1. The molecule has 0 unspecified atom stereocenters. The fourth-order valence-corrected chi connectivity index (χ4v) is 3.55. The van der Waals surface area contributed by atoms with Gasteiger partial charge in [-0.25, -0.2) is 0 Å². The lowest BCUT2D eigenvalue weighted by atomic mass is 10.1. The molecule has 0 atom stereocenters. The summed E-state index contributed by atoms with van der Waals surface area (Å²) >= 11 is 0. The van der Waals surface area contributed by atoms with E-state index in [9.17, 15) is 9.59 Å². The maximum absolute atomic E-state index is 12.6. The molecule has 28 heavy (non-hydrogen) atoms. The molecule has 0 spiro atoms. The average Bonchev–Trinajstić information content (AvgIpc) is 2.97. The van der Waals surface area contributed by atoms with Gasteiger partial charge in [-0.05, 0) is 30.5 Å². The van der Waals surface area contributed by atoms with Gasteiger partial charge >= 0.3 is 0 Å². The van der Waals surface area contributed by atoms with Crippen LogP contribution < -0.4 is 20.2 Å². The summed E-state index contributed by atoms with van der Waals surface area (Å²) in [5, 5.41) is 3.08. The summed E-state index contributed by atoms with van der Waals surface area (Å²) < 4.78 is 12.5. The Balaban J connectivity index is 1.67. The molecule has 0 saturated heterocycles. The molecule has 1 aliphatic carbocycles. The third-order valence-corrected chi connectivity index (χ3v) is 5.15. The van der Waals surface area contributed by atoms with Gasteiger partial charge in [0.15, 0.2) is 5.75 Å². The molecule has 0 aliphatic heterocycles. The fourth-order valence-electron chi connectivity index (χ4n) is 3.55. The highest BCUT2D eigenvalue weighted by atomic mass is 16.5. The largest absolute Gasteiger partial charge is 0.497 e. The van der Waals surface area contributed by atoms with Gasteiger partial charge in [0.05, 0.1) is 13.3 Å². The minimum atomic E-state index is -0.299. The summed E-state index contributed by atoms with van der Waals surface area (Å²) in [5.74, 6) is 0.752. The Morgan fingerprint density at radius 1 is 1.18 bits per heavy atom. The van der Waals surface area contributed by atoms with Crippen molar-refractivity contribution in [3.05, 3.63) is 58.0 Å². The fraction of sp³-hybridized carbons (Fsp3) is 0.455. The van der Waals surface area contributed by atoms with Crippen LogP contribution >= 0.6 is 0 Å². The predicted octanol–water partition coefficient (Wildman–Crippen LogP) is 3.43. The van der Waals surface area contributed by atoms with Crippen LogP contribution in [0.5, 0.6) is 11.5 Å². The van der Waals surface area contributed by atoms with Crippen LogP contribution in [0.4, 0.5) is 0 Å². The number of nitrogens with one attached hydrogen (secondary N) is 1. The number of carbonyl (C=O) groups excluding carboxylic acids is 1. The molecule has 1 saturated carbocycles. The van der Waals surface area contributed by atoms with Crippen molar-refractivity contribution in [1.82, 2.24) is 9.88 Å². The van der Waals surface area contributed by atoms with Crippen molar-refractivity contribution in [1.29, 1.82) is 0 Å². The number of ether oxygens (including phenoxy) is 2. The molecular formula is C22H28N2O4. The Labute approximate surface area is 165 Å². The average molecular weight is 384 g/mol. The molecule has 1 aromatic heterocycles. The van der Waals surface area contributed by atoms with E-state index in [1.807, 2.05) is 24.3 Å². The van der Waals surface area contributed by atoms with Crippen LogP contribution in [0.2, 0.25) is 0 Å². The number of aryl methyl sites for hydroxylation is 1. The molecule has 1 aliphatic rings. The van der Waals surface area contributed by atoms with E-state index in [4.69, 9.17) is 9.47 Å². The molecule has 6 nitrogen and oxygen atoms in total. The molecule has 150 valence electrons. The number of methoxy groups -OCH3 is 1. The SMILES string of the molecule is COc1cccc(COc2cn(C)c(C(=O)NC3CCCCCC3)cc2=O)c1. The highest BCUT2D eigenvalue weighted by molar-refractivity contribution is 5.92. The number of benzene rings is 1. The second kappa shape index (κ2) is 9.44. The number of aromatic nitrogens is 1. The maximum atomic E-state index is 12.6. The molecule has 1 amide bonds. The van der Waals surface area contributed by atoms with Crippen molar-refractivity contribution in [2.24, 2.45) is 7.05 Å². The van der Waals surface area contributed by atoms with Crippen molar-refractivity contribution in [2.75, 3.05) is 7.11 Å². The molecule has 1 heterocycles. The third-order valence-electron chi connectivity index (χ3n) is 5.15. The second-order valence-electron chi connectivity index (χ2n) is 7.30. The van der Waals surface area contributed by atoms with E-state index in [1.54, 1.807) is 24.9 Å². The molecule has 0 bridgehead atoms. The zero-order chi connectivity index (χ0) is 19.9. The highest BCUT2D eigenvalue weighted by Gasteiger charge is 2.18. The lowest BCUT2D eigenvalue weighted by Crippen LogP contribution is -2.36. The quantitative estimate of drug-likeness (QED) is 0.775. The van der Waals surface area contributed by atoms with Gasteiger partial charge in [-0.2, -0.15) is 0 Å². The maximum Gasteiger partial charge on any atom is 0.268 e. The summed E-state index contributed by atoms with van der Waals surface area (Å²) in [6, 6.07) is 9.03. The first-order chi connectivity index (χ1) is 13.6. The summed E-state index contributed by atoms with van der Waals surface area (Å²) in [4.78, 5) is 25.1. The molecule has 6 heteroatoms. The Hall–Kier alpha value is -2.76. The monoisotopic (exact) mass is 384 g/mol. The summed E-state index contributed by atoms with van der Waals surface area (Å²) in [6.45, 7) is 0.250. The zero-order valence-electron chi connectivity index (χ0n) is 16.6. The minimum absolute atomic E-state index is 0.189. The van der Waals surface area contributed by atoms with Crippen LogP contribution in [0.1, 0.15) is 54.6 Å². The summed E-state index contributed by atoms with van der Waals surface area (Å²) in [5.41, 5.74) is 0.951. The topological polar surface area (TPSA) is 69.6 Å². The van der Waals surface area contributed by atoms with Crippen molar-refractivity contribution < 1.29 is 14.3 Å². The molecule has 2 aromatic rings. The third kappa shape index (κ3) is 5.15. The van der Waals surface area contributed by atoms with Crippen LogP contribution in [0.3, 0.4) is 0 Å². The molecule has 1 fully saturated rings. The van der Waals surface area contributed by atoms with Crippen molar-refractivity contribution >= 4 is 5.91 Å². The molecule has 1 N–H and O–H groups in total. The van der Waals surface area contributed by atoms with Gasteiger partial charge in [-0.3, -0.25) is 9.59 Å². The molecule has 1 aromatic carbocycles. The van der Waals surface area contributed by atoms with Crippen LogP contribution in [0, 0.1) is 0 Å². The molecular weight excluding hydrogens is 356 g/mol. The van der Waals surface area contributed by atoms with Crippen LogP contribution in [-0.2, 0) is 13.7 Å². The van der Waals surface area contributed by atoms with E-state index >= 15 is 0 Å². The van der Waals surface area contributed by atoms with Gasteiger partial charge in [-0.1, -0.05) is 37.8 Å². The van der Waals surface area contributed by atoms with E-state index in [2.05, 4.69) is 5.32 Å². The number of amides is 1. The van der Waals surface area contributed by atoms with Crippen molar-refractivity contribution in [3.63, 3.8) is 0 Å². The van der Waals surface area contributed by atoms with Crippen LogP contribution in [0.15, 0.2) is 41.3 Å². The number of rotatable bonds is 6. The second-order valence-corrected chi connectivity index (χ2v) is 7.30. The van der Waals surface area contributed by atoms with Crippen LogP contribution in [-0.4, -0.2) is 23.6 Å². The standard InChI is InChI=1S/C22H28N2O4/c1-24-14-21(28-15-16-8-7-11-18(12-16)27-2)20(25)13-19(24)22(26)23-17-9-5-3-4-6-10-17/h7-8,11-14,17H,3-6,9-10,15H2,1-2H3,(H,23,26). The van der Waals surface area contributed by atoms with Gasteiger partial charge in [0.25, 0.3) is 5.91 Å². The normalized spacial score (nSPS) is 14.9. The molecule has 3 rings (SSSR count). The number of hydrogen-bond donors (Lipinski definition) is 1. The Bertz CT molecular complexity index is 867. The first-order valence-corrected chi connectivity index (χ1v) is 9.84. The highest BCUT2D eigenvalue weighted by Crippen LogP contribution is 2.18. The Kier molecular flexibility index (Phi) is 6.74. The Morgan fingerprint density at radius 2 is 1.93 bits per heavy atom. The van der Waals surface area contributed by atoms with E-state index in [0.29, 0.717) is 5.69 Å². The van der Waals surface area contributed by atoms with E-state index < -0.39 is 0 Å². The lowest BCUT2D eigenvalue weighted by molar-refractivity contribution is 0.0924. The number of nitrogens with zero attached hydrogens (tertiary/aromatic N) is 1. The van der Waals surface area contributed by atoms with Crippen molar-refractivity contribution in [2.45, 2.75) is 51.2 Å². The van der Waals surface area contributed by atoms with Crippen molar-refractivity contribution in [3.8, 4) is 11.5 Å². The van der Waals surface area contributed by atoms with Crippen LogP contribution in [0.25, 0.3) is 0 Å². The van der Waals surface area contributed by atoms with Gasteiger partial charge in [-0.15, -0.1) is 0 Å². The predicted molar refractivity (Wildman–Crippen MR) is 108 cm³/mol. The zero-order valence-corrected chi connectivity index (χ0v) is 16.6. The number of hydrogen-bond acceptors (Lipinski definition) is 4. The minimum Gasteiger partial charge on any atom is -0.497 e. The van der Waals surface area contributed by atoms with E-state index in [1.165, 1.54) is 18.9 Å². The van der Waals surface area contributed by atoms with Gasteiger partial charge < -0.3 is 19.4 Å². The first kappa shape index (κ1) is 20.0. The molecule has 0 radical (unpaired) electrons. The van der Waals surface area contributed by atoms with E-state index in [-0.39, 0.29) is 29.7 Å². The first-order valence-electron chi connectivity index (χ1n) is 9.84. The number of carbonyl (C=O) groups is 1. The lowest BCUT2D eigenvalue weighted by Gasteiger charge is -2.18. The Morgan fingerprint density at radius 3 is 2.64 bits per heavy atom. The van der Waals surface area contributed by atoms with Gasteiger partial charge in [0.1, 0.15) is 18.1 Å². The van der Waals surface area contributed by atoms with Gasteiger partial charge in [0, 0.05) is 19.2 Å². The van der Waals surface area contributed by atoms with Gasteiger partial charge in [0.2, 0.25) is 5.43 Å². The van der Waals surface area contributed by atoms with E-state index in [0.717, 1.165) is 37.0 Å².